The van der Waals surface area contributed by atoms with Gasteiger partial charge in [-0.3, -0.25) is 4.79 Å². The third-order valence-corrected chi connectivity index (χ3v) is 0.864. The molecule has 0 saturated heterocycles. The highest BCUT2D eigenvalue weighted by Crippen LogP contribution is 2.13. The maximum absolute atomic E-state index is 11.4. The molecule has 3 nitrogen and oxygen atoms in total. The molecule has 0 aromatic rings. The Kier molecular flexibility index (Phi) is 3.88. The molecule has 0 spiro atoms. The fourth-order valence-corrected chi connectivity index (χ4v) is 0.374. The first-order valence-corrected chi connectivity index (χ1v) is 2.91. The van der Waals surface area contributed by atoms with Gasteiger partial charge in [0.05, 0.1) is 6.61 Å². The summed E-state index contributed by atoms with van der Waals surface area (Å²) in [5.41, 5.74) is 0. The molecule has 6 heteroatoms. The number of carbonyl (C=O) groups is 1. The van der Waals surface area contributed by atoms with Crippen molar-refractivity contribution in [2.24, 2.45) is 0 Å². The van der Waals surface area contributed by atoms with Crippen molar-refractivity contribution < 1.29 is 23.1 Å². The minimum Gasteiger partial charge on any atom is -0.348 e. The highest BCUT2D eigenvalue weighted by Gasteiger charge is 2.37. The van der Waals surface area contributed by atoms with E-state index < -0.39 is 18.7 Å². The Morgan fingerprint density at radius 3 is 2.27 bits per heavy atom. The van der Waals surface area contributed by atoms with E-state index in [1.54, 1.807) is 5.32 Å². The highest BCUT2D eigenvalue weighted by atomic mass is 19.4. The Morgan fingerprint density at radius 1 is 1.36 bits per heavy atom. The first-order chi connectivity index (χ1) is 4.98. The van der Waals surface area contributed by atoms with E-state index in [-0.39, 0.29) is 13.0 Å². The topological polar surface area (TPSA) is 49.0 Å². The summed E-state index contributed by atoms with van der Waals surface area (Å²) in [5.74, 6) is -1.99. The number of amides is 1. The van der Waals surface area contributed by atoms with Crippen molar-refractivity contribution in [1.29, 1.82) is 0 Å². The van der Waals surface area contributed by atoms with Crippen LogP contribution >= 0.6 is 0 Å². The second-order valence-electron chi connectivity index (χ2n) is 1.81. The van der Waals surface area contributed by atoms with E-state index in [0.29, 0.717) is 0 Å². The largest absolute Gasteiger partial charge is 0.471 e. The van der Waals surface area contributed by atoms with Crippen LogP contribution in [0.15, 0.2) is 0 Å². The Balaban J connectivity index is 3.54. The van der Waals surface area contributed by atoms with E-state index >= 15 is 0 Å². The molecule has 0 aliphatic carbocycles. The Hall–Kier alpha value is -0.780. The van der Waals surface area contributed by atoms with Gasteiger partial charge >= 0.3 is 12.1 Å². The summed E-state index contributed by atoms with van der Waals surface area (Å²) in [5, 5.41) is 11.3. The summed E-state index contributed by atoms with van der Waals surface area (Å²) in [4.78, 5) is 10.0. The fraction of sp³-hybridized carbons (Fsp3) is 0.800. The number of alkyl halides is 3. The average molecular weight is 170 g/mol. The molecule has 0 aromatic heterocycles. The van der Waals surface area contributed by atoms with Crippen molar-refractivity contribution in [2.45, 2.75) is 12.6 Å². The van der Waals surface area contributed by atoms with Gasteiger partial charge in [-0.1, -0.05) is 0 Å². The fourth-order valence-electron chi connectivity index (χ4n) is 0.374. The SMILES string of the molecule is [O]CCCNC(=O)C(F)(F)F. The summed E-state index contributed by atoms with van der Waals surface area (Å²) >= 11 is 0. The molecule has 0 unspecified atom stereocenters. The molecule has 11 heavy (non-hydrogen) atoms. The maximum atomic E-state index is 11.4. The number of hydrogen-bond acceptors (Lipinski definition) is 1. The van der Waals surface area contributed by atoms with Crippen LogP contribution in [0, 0.1) is 0 Å². The van der Waals surface area contributed by atoms with Gasteiger partial charge in [0, 0.05) is 6.54 Å². The molecule has 0 bridgehead atoms. The van der Waals surface area contributed by atoms with E-state index in [9.17, 15) is 23.1 Å². The van der Waals surface area contributed by atoms with Crippen molar-refractivity contribution >= 4 is 5.91 Å². The molecule has 0 aliphatic heterocycles. The van der Waals surface area contributed by atoms with Crippen molar-refractivity contribution in [1.82, 2.24) is 5.32 Å². The van der Waals surface area contributed by atoms with Crippen LogP contribution in [0.25, 0.3) is 0 Å². The third-order valence-electron chi connectivity index (χ3n) is 0.864. The van der Waals surface area contributed by atoms with Gasteiger partial charge in [0.15, 0.2) is 0 Å². The van der Waals surface area contributed by atoms with Crippen molar-refractivity contribution in [3.8, 4) is 0 Å². The maximum Gasteiger partial charge on any atom is 0.471 e. The Morgan fingerprint density at radius 2 is 1.91 bits per heavy atom. The molecule has 1 N–H and O–H groups in total. The molecule has 0 rings (SSSR count). The second-order valence-corrected chi connectivity index (χ2v) is 1.81. The zero-order chi connectivity index (χ0) is 8.91. The van der Waals surface area contributed by atoms with Crippen LogP contribution < -0.4 is 5.32 Å². The van der Waals surface area contributed by atoms with Crippen molar-refractivity contribution in [2.75, 3.05) is 13.2 Å². The van der Waals surface area contributed by atoms with Crippen LogP contribution in [0.2, 0.25) is 0 Å². The predicted molar refractivity (Wildman–Crippen MR) is 29.2 cm³/mol. The van der Waals surface area contributed by atoms with E-state index in [0.717, 1.165) is 0 Å². The first-order valence-electron chi connectivity index (χ1n) is 2.91. The van der Waals surface area contributed by atoms with Gasteiger partial charge in [-0.05, 0) is 6.42 Å². The molecule has 65 valence electrons. The van der Waals surface area contributed by atoms with E-state index in [4.69, 9.17) is 0 Å². The first kappa shape index (κ1) is 10.2. The lowest BCUT2D eigenvalue weighted by Crippen LogP contribution is -2.37. The Labute approximate surface area is 61.2 Å². The van der Waals surface area contributed by atoms with E-state index in [2.05, 4.69) is 0 Å². The van der Waals surface area contributed by atoms with Crippen LogP contribution in [0.4, 0.5) is 13.2 Å². The van der Waals surface area contributed by atoms with Crippen LogP contribution in [0.5, 0.6) is 0 Å². The van der Waals surface area contributed by atoms with Gasteiger partial charge in [0.2, 0.25) is 0 Å². The molecule has 0 aromatic carbocycles. The molecule has 0 saturated carbocycles. The van der Waals surface area contributed by atoms with Gasteiger partial charge in [0.25, 0.3) is 0 Å². The minimum absolute atomic E-state index is 0.0157. The van der Waals surface area contributed by atoms with Gasteiger partial charge in [0.1, 0.15) is 0 Å². The highest BCUT2D eigenvalue weighted by molar-refractivity contribution is 5.81. The molecule has 0 fully saturated rings. The van der Waals surface area contributed by atoms with Gasteiger partial charge in [-0.25, -0.2) is 5.11 Å². The monoisotopic (exact) mass is 170 g/mol. The lowest BCUT2D eigenvalue weighted by molar-refractivity contribution is -0.173. The van der Waals surface area contributed by atoms with Crippen LogP contribution in [0.1, 0.15) is 6.42 Å². The smallest absolute Gasteiger partial charge is 0.348 e. The molecule has 0 atom stereocenters. The summed E-state index contributed by atoms with van der Waals surface area (Å²) < 4.78 is 34.2. The quantitative estimate of drug-likeness (QED) is 0.615. The molecular formula is C5H7F3NO2. The summed E-state index contributed by atoms with van der Waals surface area (Å²) in [6.07, 6.45) is -4.83. The third kappa shape index (κ3) is 4.60. The van der Waals surface area contributed by atoms with E-state index in [1.807, 2.05) is 0 Å². The zero-order valence-corrected chi connectivity index (χ0v) is 5.57. The molecule has 0 aliphatic rings. The lowest BCUT2D eigenvalue weighted by atomic mass is 10.4. The molecular weight excluding hydrogens is 163 g/mol. The van der Waals surface area contributed by atoms with Gasteiger partial charge in [-0.2, -0.15) is 13.2 Å². The van der Waals surface area contributed by atoms with Crippen molar-refractivity contribution in [3.63, 3.8) is 0 Å². The predicted octanol–water partition coefficient (Wildman–Crippen LogP) is 0.485. The lowest BCUT2D eigenvalue weighted by Gasteiger charge is -2.05. The minimum atomic E-state index is -4.84. The zero-order valence-electron chi connectivity index (χ0n) is 5.57. The normalized spacial score (nSPS) is 11.3. The van der Waals surface area contributed by atoms with Crippen LogP contribution in [0.3, 0.4) is 0 Å². The number of carbonyl (C=O) groups excluding carboxylic acids is 1. The van der Waals surface area contributed by atoms with Gasteiger partial charge in [-0.15, -0.1) is 0 Å². The summed E-state index contributed by atoms with van der Waals surface area (Å²) in [6, 6.07) is 0. The Bertz CT molecular complexity index is 134. The number of hydrogen-bond donors (Lipinski definition) is 1. The number of rotatable bonds is 3. The van der Waals surface area contributed by atoms with Crippen molar-refractivity contribution in [3.05, 3.63) is 0 Å². The second kappa shape index (κ2) is 4.17. The molecule has 0 heterocycles. The summed E-state index contributed by atoms with van der Waals surface area (Å²) in [7, 11) is 0. The standard InChI is InChI=1S/C5H7F3NO2/c6-5(7,8)4(11)9-2-1-3-10/h1-3H2,(H,9,11). The molecule has 1 amide bonds. The molecule has 1 radical (unpaired) electrons. The van der Waals surface area contributed by atoms with E-state index in [1.165, 1.54) is 0 Å². The van der Waals surface area contributed by atoms with Crippen LogP contribution in [-0.4, -0.2) is 25.2 Å². The average Bonchev–Trinajstić information content (AvgIpc) is 1.86. The number of nitrogens with one attached hydrogen (secondary N) is 1. The van der Waals surface area contributed by atoms with Gasteiger partial charge < -0.3 is 5.32 Å². The van der Waals surface area contributed by atoms with Crippen LogP contribution in [-0.2, 0) is 9.90 Å². The number of halogens is 3. The summed E-state index contributed by atoms with van der Waals surface area (Å²) in [6.45, 7) is -0.708.